The van der Waals surface area contributed by atoms with Crippen molar-refractivity contribution in [3.63, 3.8) is 0 Å². The smallest absolute Gasteiger partial charge is 0.221 e. The number of rotatable bonds is 4. The van der Waals surface area contributed by atoms with Crippen LogP contribution in [0.15, 0.2) is 84.1 Å². The summed E-state index contributed by atoms with van der Waals surface area (Å²) in [7, 11) is 0. The van der Waals surface area contributed by atoms with Gasteiger partial charge in [-0.3, -0.25) is 0 Å². The molecule has 0 atom stereocenters. The van der Waals surface area contributed by atoms with E-state index in [0.29, 0.717) is 0 Å². The van der Waals surface area contributed by atoms with E-state index in [1.54, 1.807) is 18.6 Å². The zero-order valence-corrected chi connectivity index (χ0v) is 13.7. The number of benzene rings is 1. The Morgan fingerprint density at radius 2 is 1.13 bits per heavy atom. The van der Waals surface area contributed by atoms with Crippen molar-refractivity contribution in [2.45, 2.75) is 5.79 Å². The van der Waals surface area contributed by atoms with Crippen LogP contribution in [0.25, 0.3) is 0 Å². The highest BCUT2D eigenvalue weighted by Crippen LogP contribution is 2.29. The molecule has 114 valence electrons. The van der Waals surface area contributed by atoms with Gasteiger partial charge in [-0.25, -0.2) is 14.0 Å². The van der Waals surface area contributed by atoms with Gasteiger partial charge in [0.2, 0.25) is 0 Å². The summed E-state index contributed by atoms with van der Waals surface area (Å²) in [4.78, 5) is 0. The molecule has 0 amide bonds. The van der Waals surface area contributed by atoms with E-state index in [1.807, 2.05) is 75.1 Å². The first-order chi connectivity index (χ1) is 11.3. The van der Waals surface area contributed by atoms with Crippen LogP contribution in [-0.2, 0) is 5.79 Å². The third-order valence-corrected chi connectivity index (χ3v) is 4.23. The van der Waals surface area contributed by atoms with Crippen molar-refractivity contribution in [2.75, 3.05) is 0 Å². The first-order valence-electron chi connectivity index (χ1n) is 7.08. The minimum Gasteiger partial charge on any atom is -0.221 e. The molecule has 3 aromatic heterocycles. The highest BCUT2D eigenvalue weighted by molar-refractivity contribution is 9.10. The Morgan fingerprint density at radius 1 is 0.696 bits per heavy atom. The summed E-state index contributed by atoms with van der Waals surface area (Å²) in [6.07, 6.45) is 11.0. The van der Waals surface area contributed by atoms with Crippen LogP contribution in [0.5, 0.6) is 0 Å². The second-order valence-corrected chi connectivity index (χ2v) is 5.91. The molecule has 0 N–H and O–H groups in total. The second-order valence-electron chi connectivity index (χ2n) is 4.99. The summed E-state index contributed by atoms with van der Waals surface area (Å²) < 4.78 is 6.54. The van der Waals surface area contributed by atoms with Crippen molar-refractivity contribution >= 4 is 15.9 Å². The van der Waals surface area contributed by atoms with Crippen molar-refractivity contribution in [3.8, 4) is 0 Å². The Bertz CT molecular complexity index is 779. The van der Waals surface area contributed by atoms with Gasteiger partial charge in [-0.2, -0.15) is 15.3 Å². The molecule has 23 heavy (non-hydrogen) atoms. The van der Waals surface area contributed by atoms with Crippen LogP contribution in [0.1, 0.15) is 5.56 Å². The predicted octanol–water partition coefficient (Wildman–Crippen LogP) is 2.79. The lowest BCUT2D eigenvalue weighted by molar-refractivity contribution is 0.169. The summed E-state index contributed by atoms with van der Waals surface area (Å²) >= 11 is 3.49. The lowest BCUT2D eigenvalue weighted by atomic mass is 10.1. The average Bonchev–Trinajstić information content (AvgIpc) is 3.35. The second kappa shape index (κ2) is 5.51. The first kappa shape index (κ1) is 14.0. The Hall–Kier alpha value is -2.67. The zero-order chi connectivity index (χ0) is 15.7. The highest BCUT2D eigenvalue weighted by atomic mass is 79.9. The topological polar surface area (TPSA) is 53.5 Å². The van der Waals surface area contributed by atoms with Gasteiger partial charge < -0.3 is 0 Å². The molecule has 1 aromatic carbocycles. The van der Waals surface area contributed by atoms with Gasteiger partial charge in [0.15, 0.2) is 0 Å². The van der Waals surface area contributed by atoms with E-state index < -0.39 is 5.79 Å². The Morgan fingerprint density at radius 3 is 1.48 bits per heavy atom. The minimum atomic E-state index is -0.850. The van der Waals surface area contributed by atoms with Crippen molar-refractivity contribution in [1.29, 1.82) is 0 Å². The Kier molecular flexibility index (Phi) is 3.34. The fraction of sp³-hybridized carbons (Fsp3) is 0.0625. The fourth-order valence-corrected chi connectivity index (χ4v) is 3.01. The molecule has 0 aliphatic carbocycles. The summed E-state index contributed by atoms with van der Waals surface area (Å²) in [5.41, 5.74) is 0.983. The maximum absolute atomic E-state index is 4.48. The Balaban J connectivity index is 2.08. The molecule has 6 nitrogen and oxygen atoms in total. The molecule has 0 unspecified atom stereocenters. The number of halogens is 1. The summed E-state index contributed by atoms with van der Waals surface area (Å²) in [5.74, 6) is -0.850. The standard InChI is InChI=1S/C16H13BrN6/c17-15-6-4-14(5-7-15)16(21-11-1-8-18-21,22-12-2-9-19-22)23-13-3-10-20-23/h1-13H. The quantitative estimate of drug-likeness (QED) is 0.556. The maximum atomic E-state index is 4.48. The number of nitrogens with zero attached hydrogens (tertiary/aromatic N) is 6. The van der Waals surface area contributed by atoms with E-state index >= 15 is 0 Å². The van der Waals surface area contributed by atoms with Crippen LogP contribution >= 0.6 is 15.9 Å². The van der Waals surface area contributed by atoms with E-state index in [4.69, 9.17) is 0 Å². The van der Waals surface area contributed by atoms with Gasteiger partial charge in [0.05, 0.1) is 0 Å². The fourth-order valence-electron chi connectivity index (χ4n) is 2.75. The van der Waals surface area contributed by atoms with Crippen LogP contribution in [0.4, 0.5) is 0 Å². The van der Waals surface area contributed by atoms with Gasteiger partial charge >= 0.3 is 0 Å². The molecule has 0 saturated carbocycles. The molecule has 0 fully saturated rings. The van der Waals surface area contributed by atoms with E-state index in [9.17, 15) is 0 Å². The molecule has 0 radical (unpaired) electrons. The van der Waals surface area contributed by atoms with Crippen LogP contribution < -0.4 is 0 Å². The van der Waals surface area contributed by atoms with Gasteiger partial charge in [0.25, 0.3) is 5.79 Å². The number of aromatic nitrogens is 6. The van der Waals surface area contributed by atoms with Gasteiger partial charge in [0.1, 0.15) is 0 Å². The summed E-state index contributed by atoms with van der Waals surface area (Å²) in [5, 5.41) is 13.4. The van der Waals surface area contributed by atoms with Gasteiger partial charge in [-0.15, -0.1) is 0 Å². The summed E-state index contributed by atoms with van der Waals surface area (Å²) in [6, 6.07) is 13.7. The van der Waals surface area contributed by atoms with E-state index in [1.165, 1.54) is 0 Å². The van der Waals surface area contributed by atoms with Crippen molar-refractivity contribution in [2.24, 2.45) is 0 Å². The van der Waals surface area contributed by atoms with Crippen LogP contribution in [0.2, 0.25) is 0 Å². The number of hydrogen-bond acceptors (Lipinski definition) is 3. The summed E-state index contributed by atoms with van der Waals surface area (Å²) in [6.45, 7) is 0. The molecular weight excluding hydrogens is 356 g/mol. The average molecular weight is 369 g/mol. The molecule has 0 bridgehead atoms. The molecule has 0 saturated heterocycles. The number of hydrogen-bond donors (Lipinski definition) is 0. The lowest BCUT2D eigenvalue weighted by Gasteiger charge is -2.35. The third kappa shape index (κ3) is 2.12. The van der Waals surface area contributed by atoms with Crippen molar-refractivity contribution in [1.82, 2.24) is 29.3 Å². The first-order valence-corrected chi connectivity index (χ1v) is 7.87. The molecule has 7 heteroatoms. The van der Waals surface area contributed by atoms with Crippen molar-refractivity contribution in [3.05, 3.63) is 89.7 Å². The predicted molar refractivity (Wildman–Crippen MR) is 88.7 cm³/mol. The molecule has 3 heterocycles. The highest BCUT2D eigenvalue weighted by Gasteiger charge is 2.40. The van der Waals surface area contributed by atoms with Gasteiger partial charge in [-0.05, 0) is 30.3 Å². The van der Waals surface area contributed by atoms with Crippen LogP contribution in [0, 0.1) is 0 Å². The van der Waals surface area contributed by atoms with Crippen LogP contribution in [-0.4, -0.2) is 29.3 Å². The Labute approximate surface area is 141 Å². The molecule has 0 aliphatic heterocycles. The normalized spacial score (nSPS) is 11.7. The van der Waals surface area contributed by atoms with E-state index in [-0.39, 0.29) is 0 Å². The van der Waals surface area contributed by atoms with E-state index in [0.717, 1.165) is 10.0 Å². The zero-order valence-electron chi connectivity index (χ0n) is 12.1. The molecule has 4 aromatic rings. The van der Waals surface area contributed by atoms with Crippen LogP contribution in [0.3, 0.4) is 0 Å². The monoisotopic (exact) mass is 368 g/mol. The third-order valence-electron chi connectivity index (χ3n) is 3.70. The lowest BCUT2D eigenvalue weighted by Crippen LogP contribution is -2.50. The SMILES string of the molecule is Brc1ccc(C(n2cccn2)(n2cccn2)n2cccn2)cc1. The molecule has 4 rings (SSSR count). The molecule has 0 spiro atoms. The largest absolute Gasteiger partial charge is 0.276 e. The molecule has 0 aliphatic rings. The van der Waals surface area contributed by atoms with Crippen molar-refractivity contribution < 1.29 is 0 Å². The van der Waals surface area contributed by atoms with Gasteiger partial charge in [0, 0.05) is 47.2 Å². The maximum Gasteiger partial charge on any atom is 0.276 e. The minimum absolute atomic E-state index is 0.850. The van der Waals surface area contributed by atoms with E-state index in [2.05, 4.69) is 31.2 Å². The molecular formula is C16H13BrN6. The van der Waals surface area contributed by atoms with Gasteiger partial charge in [-0.1, -0.05) is 28.1 Å².